The van der Waals surface area contributed by atoms with E-state index in [0.29, 0.717) is 6.54 Å². The van der Waals surface area contributed by atoms with Crippen molar-refractivity contribution in [2.24, 2.45) is 11.8 Å². The van der Waals surface area contributed by atoms with Gasteiger partial charge in [0.1, 0.15) is 5.60 Å². The van der Waals surface area contributed by atoms with Gasteiger partial charge in [-0.3, -0.25) is 4.79 Å². The fourth-order valence-electron chi connectivity index (χ4n) is 1.99. The van der Waals surface area contributed by atoms with Gasteiger partial charge in [-0.2, -0.15) is 11.8 Å². The summed E-state index contributed by atoms with van der Waals surface area (Å²) in [6.07, 6.45) is 0.365. The number of carbonyl (C=O) groups excluding carboxylic acids is 2. The van der Waals surface area contributed by atoms with Crippen molar-refractivity contribution < 1.29 is 19.1 Å². The van der Waals surface area contributed by atoms with Gasteiger partial charge in [0.05, 0.1) is 13.0 Å². The quantitative estimate of drug-likeness (QED) is 0.806. The monoisotopic (exact) mass is 289 g/mol. The van der Waals surface area contributed by atoms with Crippen LogP contribution in [0.5, 0.6) is 0 Å². The number of amides is 1. The van der Waals surface area contributed by atoms with Crippen molar-refractivity contribution in [2.45, 2.75) is 32.8 Å². The second kappa shape index (κ2) is 7.03. The van der Waals surface area contributed by atoms with Gasteiger partial charge in [-0.05, 0) is 44.6 Å². The van der Waals surface area contributed by atoms with Crippen LogP contribution >= 0.6 is 11.8 Å². The van der Waals surface area contributed by atoms with E-state index in [1.54, 1.807) is 11.8 Å². The maximum absolute atomic E-state index is 11.7. The largest absolute Gasteiger partial charge is 0.469 e. The zero-order valence-electron chi connectivity index (χ0n) is 12.0. The number of esters is 1. The molecule has 1 heterocycles. The van der Waals surface area contributed by atoms with Crippen molar-refractivity contribution in [1.29, 1.82) is 0 Å². The van der Waals surface area contributed by atoms with Crippen LogP contribution in [0.1, 0.15) is 27.2 Å². The molecule has 1 N–H and O–H groups in total. The third-order valence-corrected chi connectivity index (χ3v) is 4.07. The van der Waals surface area contributed by atoms with Gasteiger partial charge >= 0.3 is 12.1 Å². The molecule has 1 rings (SSSR count). The van der Waals surface area contributed by atoms with Gasteiger partial charge in [-0.1, -0.05) is 0 Å². The van der Waals surface area contributed by atoms with Gasteiger partial charge in [0.25, 0.3) is 0 Å². The molecule has 5 nitrogen and oxygen atoms in total. The fraction of sp³-hybridized carbons (Fsp3) is 0.846. The molecule has 6 heteroatoms. The summed E-state index contributed by atoms with van der Waals surface area (Å²) < 4.78 is 9.99. The number of carbonyl (C=O) groups is 2. The predicted molar refractivity (Wildman–Crippen MR) is 75.2 cm³/mol. The molecule has 1 aliphatic rings. The molecule has 0 aliphatic carbocycles. The van der Waals surface area contributed by atoms with Crippen molar-refractivity contribution in [3.05, 3.63) is 0 Å². The van der Waals surface area contributed by atoms with Gasteiger partial charge in [-0.25, -0.2) is 4.79 Å². The molecule has 0 aromatic heterocycles. The van der Waals surface area contributed by atoms with Crippen molar-refractivity contribution in [2.75, 3.05) is 25.2 Å². The highest BCUT2D eigenvalue weighted by Crippen LogP contribution is 2.29. The minimum Gasteiger partial charge on any atom is -0.469 e. The summed E-state index contributed by atoms with van der Waals surface area (Å²) in [5, 5.41) is 2.74. The van der Waals surface area contributed by atoms with Gasteiger partial charge in [0, 0.05) is 6.54 Å². The molecule has 1 amide bonds. The Bertz CT molecular complexity index is 327. The van der Waals surface area contributed by atoms with E-state index >= 15 is 0 Å². The first kappa shape index (κ1) is 16.1. The molecule has 1 aliphatic heterocycles. The highest BCUT2D eigenvalue weighted by Gasteiger charge is 2.32. The van der Waals surface area contributed by atoms with Crippen LogP contribution in [0.2, 0.25) is 0 Å². The first-order valence-electron chi connectivity index (χ1n) is 6.46. The summed E-state index contributed by atoms with van der Waals surface area (Å²) >= 11 is 1.80. The van der Waals surface area contributed by atoms with E-state index in [4.69, 9.17) is 9.47 Å². The molecule has 0 spiro atoms. The maximum Gasteiger partial charge on any atom is 0.407 e. The first-order valence-corrected chi connectivity index (χ1v) is 7.61. The third-order valence-electron chi connectivity index (χ3n) is 2.89. The number of nitrogens with one attached hydrogen (secondary N) is 1. The minimum absolute atomic E-state index is 0.110. The second-order valence-electron chi connectivity index (χ2n) is 5.64. The Balaban J connectivity index is 2.45. The fourth-order valence-corrected chi connectivity index (χ4v) is 3.23. The normalized spacial score (nSPS) is 23.6. The Morgan fingerprint density at radius 1 is 1.37 bits per heavy atom. The summed E-state index contributed by atoms with van der Waals surface area (Å²) in [4.78, 5) is 23.3. The Kier molecular flexibility index (Phi) is 5.97. The number of hydrogen-bond acceptors (Lipinski definition) is 5. The molecule has 0 bridgehead atoms. The maximum atomic E-state index is 11.7. The second-order valence-corrected chi connectivity index (χ2v) is 6.79. The van der Waals surface area contributed by atoms with Crippen LogP contribution in [0.4, 0.5) is 4.79 Å². The highest BCUT2D eigenvalue weighted by molar-refractivity contribution is 7.99. The molecule has 19 heavy (non-hydrogen) atoms. The zero-order chi connectivity index (χ0) is 14.5. The van der Waals surface area contributed by atoms with Gasteiger partial charge in [0.15, 0.2) is 0 Å². The van der Waals surface area contributed by atoms with Crippen molar-refractivity contribution in [1.82, 2.24) is 5.32 Å². The number of alkyl carbamates (subject to hydrolysis) is 1. The number of thioether (sulfide) groups is 1. The van der Waals surface area contributed by atoms with Gasteiger partial charge in [0.2, 0.25) is 0 Å². The molecule has 2 atom stereocenters. The summed E-state index contributed by atoms with van der Waals surface area (Å²) in [6, 6.07) is 0. The van der Waals surface area contributed by atoms with E-state index in [1.165, 1.54) is 7.11 Å². The molecular weight excluding hydrogens is 266 g/mol. The predicted octanol–water partition coefficient (Wildman–Crippen LogP) is 2.05. The number of ether oxygens (including phenoxy) is 2. The van der Waals surface area contributed by atoms with Crippen molar-refractivity contribution >= 4 is 23.8 Å². The zero-order valence-corrected chi connectivity index (χ0v) is 12.8. The van der Waals surface area contributed by atoms with Crippen LogP contribution in [-0.2, 0) is 14.3 Å². The minimum atomic E-state index is -0.507. The molecule has 0 radical (unpaired) electrons. The van der Waals surface area contributed by atoms with E-state index in [-0.39, 0.29) is 17.8 Å². The van der Waals surface area contributed by atoms with E-state index in [9.17, 15) is 9.59 Å². The summed E-state index contributed by atoms with van der Waals surface area (Å²) in [7, 11) is 1.41. The first-order chi connectivity index (χ1) is 8.83. The van der Waals surface area contributed by atoms with Crippen molar-refractivity contribution in [3.8, 4) is 0 Å². The number of hydrogen-bond donors (Lipinski definition) is 1. The molecule has 2 unspecified atom stereocenters. The lowest BCUT2D eigenvalue weighted by Gasteiger charge is -2.29. The smallest absolute Gasteiger partial charge is 0.407 e. The SMILES string of the molecule is COC(=O)C1CCSCC1CNC(=O)OC(C)(C)C. The Morgan fingerprint density at radius 3 is 2.63 bits per heavy atom. The molecular formula is C13H23NO4S. The van der Waals surface area contributed by atoms with Crippen LogP contribution in [0.15, 0.2) is 0 Å². The number of rotatable bonds is 3. The summed E-state index contributed by atoms with van der Waals surface area (Å²) in [6.45, 7) is 5.91. The van der Waals surface area contributed by atoms with Crippen LogP contribution in [0.3, 0.4) is 0 Å². The lowest BCUT2D eigenvalue weighted by atomic mass is 9.91. The topological polar surface area (TPSA) is 64.6 Å². The molecule has 0 aromatic carbocycles. The average Bonchev–Trinajstić information content (AvgIpc) is 2.33. The molecule has 0 saturated carbocycles. The van der Waals surface area contributed by atoms with Gasteiger partial charge in [-0.15, -0.1) is 0 Å². The molecule has 1 fully saturated rings. The molecule has 110 valence electrons. The lowest BCUT2D eigenvalue weighted by Crippen LogP contribution is -2.41. The Labute approximate surface area is 118 Å². The van der Waals surface area contributed by atoms with Crippen LogP contribution in [-0.4, -0.2) is 42.8 Å². The van der Waals surface area contributed by atoms with E-state index in [0.717, 1.165) is 17.9 Å². The standard InChI is InChI=1S/C13H23NO4S/c1-13(2,3)18-12(16)14-7-9-8-19-6-5-10(9)11(15)17-4/h9-10H,5-8H2,1-4H3,(H,14,16). The Hall–Kier alpha value is -0.910. The Morgan fingerprint density at radius 2 is 2.05 bits per heavy atom. The van der Waals surface area contributed by atoms with Gasteiger partial charge < -0.3 is 14.8 Å². The number of methoxy groups -OCH3 is 1. The van der Waals surface area contributed by atoms with E-state index < -0.39 is 11.7 Å². The van der Waals surface area contributed by atoms with Crippen LogP contribution in [0.25, 0.3) is 0 Å². The third kappa shape index (κ3) is 5.72. The lowest BCUT2D eigenvalue weighted by molar-refractivity contribution is -0.147. The van der Waals surface area contributed by atoms with Crippen LogP contribution < -0.4 is 5.32 Å². The van der Waals surface area contributed by atoms with E-state index in [2.05, 4.69) is 5.32 Å². The van der Waals surface area contributed by atoms with Crippen LogP contribution in [0, 0.1) is 11.8 Å². The van der Waals surface area contributed by atoms with Crippen molar-refractivity contribution in [3.63, 3.8) is 0 Å². The average molecular weight is 289 g/mol. The molecule has 0 aromatic rings. The molecule has 1 saturated heterocycles. The summed E-state index contributed by atoms with van der Waals surface area (Å²) in [5.41, 5.74) is -0.507. The van der Waals surface area contributed by atoms with E-state index in [1.807, 2.05) is 20.8 Å². The highest BCUT2D eigenvalue weighted by atomic mass is 32.2. The summed E-state index contributed by atoms with van der Waals surface area (Å²) in [5.74, 6) is 1.62.